The average molecular weight is 397 g/mol. The summed E-state index contributed by atoms with van der Waals surface area (Å²) in [5.74, 6) is 0.170. The van der Waals surface area contributed by atoms with Crippen LogP contribution in [0.2, 0.25) is 0 Å². The zero-order chi connectivity index (χ0) is 20.8. The van der Waals surface area contributed by atoms with E-state index in [4.69, 9.17) is 4.74 Å². The van der Waals surface area contributed by atoms with E-state index in [9.17, 15) is 10.1 Å². The molecule has 0 radical (unpaired) electrons. The molecule has 4 rings (SSSR count). The molecule has 1 aliphatic rings. The van der Waals surface area contributed by atoms with Gasteiger partial charge >= 0.3 is 0 Å². The first-order chi connectivity index (χ1) is 14.8. The SMILES string of the molecule is N#Cc1cccnc1OC1CCN(C(=O)C(c2ccccc2)c2ccccc2)CC1. The molecule has 1 fully saturated rings. The summed E-state index contributed by atoms with van der Waals surface area (Å²) in [7, 11) is 0. The third-order valence-electron chi connectivity index (χ3n) is 5.44. The maximum atomic E-state index is 13.5. The smallest absolute Gasteiger partial charge is 0.234 e. The number of ether oxygens (including phenoxy) is 1. The fourth-order valence-corrected chi connectivity index (χ4v) is 3.87. The van der Waals surface area contributed by atoms with Crippen LogP contribution in [0.4, 0.5) is 0 Å². The molecular formula is C25H23N3O2. The predicted molar refractivity (Wildman–Crippen MR) is 114 cm³/mol. The van der Waals surface area contributed by atoms with Crippen molar-refractivity contribution >= 4 is 5.91 Å². The van der Waals surface area contributed by atoms with Crippen LogP contribution in [0.3, 0.4) is 0 Å². The van der Waals surface area contributed by atoms with Crippen molar-refractivity contribution in [2.75, 3.05) is 13.1 Å². The van der Waals surface area contributed by atoms with E-state index in [-0.39, 0.29) is 17.9 Å². The van der Waals surface area contributed by atoms with Gasteiger partial charge in [-0.1, -0.05) is 60.7 Å². The van der Waals surface area contributed by atoms with E-state index in [1.807, 2.05) is 65.6 Å². The van der Waals surface area contributed by atoms with Crippen LogP contribution in [-0.4, -0.2) is 35.0 Å². The first-order valence-electron chi connectivity index (χ1n) is 10.2. The second-order valence-corrected chi connectivity index (χ2v) is 7.36. The molecule has 0 unspecified atom stereocenters. The third-order valence-corrected chi connectivity index (χ3v) is 5.44. The molecule has 1 saturated heterocycles. The number of carbonyl (C=O) groups is 1. The molecular weight excluding hydrogens is 374 g/mol. The highest BCUT2D eigenvalue weighted by Crippen LogP contribution is 2.29. The van der Waals surface area contributed by atoms with Gasteiger partial charge in [0.15, 0.2) is 0 Å². The van der Waals surface area contributed by atoms with Gasteiger partial charge in [0.25, 0.3) is 0 Å². The number of piperidine rings is 1. The number of pyridine rings is 1. The molecule has 2 heterocycles. The van der Waals surface area contributed by atoms with E-state index in [2.05, 4.69) is 11.1 Å². The summed E-state index contributed by atoms with van der Waals surface area (Å²) in [5.41, 5.74) is 2.43. The normalized spacial score (nSPS) is 14.3. The minimum absolute atomic E-state index is 0.0528. The topological polar surface area (TPSA) is 66.2 Å². The van der Waals surface area contributed by atoms with Crippen molar-refractivity contribution in [3.8, 4) is 11.9 Å². The van der Waals surface area contributed by atoms with E-state index in [1.165, 1.54) is 0 Å². The standard InChI is InChI=1S/C25H23N3O2/c26-18-21-12-7-15-27-24(21)30-22-13-16-28(17-14-22)25(29)23(19-8-3-1-4-9-19)20-10-5-2-6-11-20/h1-12,15,22-23H,13-14,16-17H2. The van der Waals surface area contributed by atoms with Crippen molar-refractivity contribution in [1.82, 2.24) is 9.88 Å². The van der Waals surface area contributed by atoms with E-state index in [0.717, 1.165) is 11.1 Å². The zero-order valence-electron chi connectivity index (χ0n) is 16.6. The second kappa shape index (κ2) is 9.23. The largest absolute Gasteiger partial charge is 0.473 e. The third kappa shape index (κ3) is 4.33. The number of aromatic nitrogens is 1. The fraction of sp³-hybridized carbons (Fsp3) is 0.240. The monoisotopic (exact) mass is 397 g/mol. The average Bonchev–Trinajstić information content (AvgIpc) is 2.81. The van der Waals surface area contributed by atoms with Crippen molar-refractivity contribution in [1.29, 1.82) is 5.26 Å². The second-order valence-electron chi connectivity index (χ2n) is 7.36. The van der Waals surface area contributed by atoms with Crippen LogP contribution in [0.25, 0.3) is 0 Å². The first kappa shape index (κ1) is 19.7. The Balaban J connectivity index is 1.46. The van der Waals surface area contributed by atoms with Crippen LogP contribution in [0.1, 0.15) is 35.4 Å². The van der Waals surface area contributed by atoms with Gasteiger partial charge in [0.1, 0.15) is 17.7 Å². The zero-order valence-corrected chi connectivity index (χ0v) is 16.6. The number of amides is 1. The number of hydrogen-bond acceptors (Lipinski definition) is 4. The highest BCUT2D eigenvalue weighted by molar-refractivity contribution is 5.87. The number of benzene rings is 2. The Labute approximate surface area is 176 Å². The van der Waals surface area contributed by atoms with Crippen LogP contribution in [0.5, 0.6) is 5.88 Å². The lowest BCUT2D eigenvalue weighted by molar-refractivity contribution is -0.133. The van der Waals surface area contributed by atoms with E-state index in [1.54, 1.807) is 18.3 Å². The molecule has 150 valence electrons. The quantitative estimate of drug-likeness (QED) is 0.649. The van der Waals surface area contributed by atoms with E-state index in [0.29, 0.717) is 37.4 Å². The van der Waals surface area contributed by atoms with Gasteiger partial charge in [0, 0.05) is 32.1 Å². The Hall–Kier alpha value is -3.65. The van der Waals surface area contributed by atoms with Gasteiger partial charge in [-0.05, 0) is 23.3 Å². The molecule has 30 heavy (non-hydrogen) atoms. The van der Waals surface area contributed by atoms with E-state index < -0.39 is 0 Å². The van der Waals surface area contributed by atoms with Crippen LogP contribution in [0, 0.1) is 11.3 Å². The molecule has 1 amide bonds. The van der Waals surface area contributed by atoms with Crippen molar-refractivity contribution in [3.05, 3.63) is 95.7 Å². The Kier molecular flexibility index (Phi) is 6.05. The fourth-order valence-electron chi connectivity index (χ4n) is 3.87. The molecule has 0 spiro atoms. The number of nitrogens with zero attached hydrogens (tertiary/aromatic N) is 3. The number of hydrogen-bond donors (Lipinski definition) is 0. The summed E-state index contributed by atoms with van der Waals surface area (Å²) >= 11 is 0. The van der Waals surface area contributed by atoms with Crippen LogP contribution in [0.15, 0.2) is 79.0 Å². The maximum Gasteiger partial charge on any atom is 0.234 e. The molecule has 0 N–H and O–H groups in total. The van der Waals surface area contributed by atoms with Crippen LogP contribution in [-0.2, 0) is 4.79 Å². The van der Waals surface area contributed by atoms with Crippen LogP contribution >= 0.6 is 0 Å². The summed E-state index contributed by atoms with van der Waals surface area (Å²) in [4.78, 5) is 19.6. The molecule has 0 atom stereocenters. The number of rotatable bonds is 5. The summed E-state index contributed by atoms with van der Waals surface area (Å²) in [6.07, 6.45) is 2.99. The van der Waals surface area contributed by atoms with Crippen molar-refractivity contribution in [3.63, 3.8) is 0 Å². The van der Waals surface area contributed by atoms with Gasteiger partial charge < -0.3 is 9.64 Å². The molecule has 0 aliphatic carbocycles. The van der Waals surface area contributed by atoms with Crippen LogP contribution < -0.4 is 4.74 Å². The molecule has 5 nitrogen and oxygen atoms in total. The maximum absolute atomic E-state index is 13.5. The molecule has 0 bridgehead atoms. The molecule has 1 aliphatic heterocycles. The Morgan fingerprint density at radius 2 is 1.57 bits per heavy atom. The molecule has 2 aromatic carbocycles. The number of carbonyl (C=O) groups excluding carboxylic acids is 1. The summed E-state index contributed by atoms with van der Waals surface area (Å²) in [6, 6.07) is 25.4. The lowest BCUT2D eigenvalue weighted by Crippen LogP contribution is -2.44. The summed E-state index contributed by atoms with van der Waals surface area (Å²) in [5, 5.41) is 9.22. The van der Waals surface area contributed by atoms with Crippen molar-refractivity contribution < 1.29 is 9.53 Å². The lowest BCUT2D eigenvalue weighted by Gasteiger charge is -2.34. The Bertz CT molecular complexity index is 984. The van der Waals surface area contributed by atoms with Crippen molar-refractivity contribution in [2.45, 2.75) is 24.9 Å². The number of nitriles is 1. The van der Waals surface area contributed by atoms with Gasteiger partial charge in [-0.2, -0.15) is 5.26 Å². The highest BCUT2D eigenvalue weighted by atomic mass is 16.5. The highest BCUT2D eigenvalue weighted by Gasteiger charge is 2.31. The van der Waals surface area contributed by atoms with Gasteiger partial charge in [-0.3, -0.25) is 4.79 Å². The Morgan fingerprint density at radius 1 is 0.967 bits per heavy atom. The van der Waals surface area contributed by atoms with Gasteiger partial charge in [0.2, 0.25) is 11.8 Å². The van der Waals surface area contributed by atoms with Gasteiger partial charge in [-0.25, -0.2) is 4.98 Å². The minimum atomic E-state index is -0.314. The molecule has 5 heteroatoms. The minimum Gasteiger partial charge on any atom is -0.473 e. The van der Waals surface area contributed by atoms with Crippen molar-refractivity contribution in [2.24, 2.45) is 0 Å². The predicted octanol–water partition coefficient (Wildman–Crippen LogP) is 4.16. The Morgan fingerprint density at radius 3 is 2.13 bits per heavy atom. The lowest BCUT2D eigenvalue weighted by atomic mass is 9.89. The molecule has 1 aromatic heterocycles. The van der Waals surface area contributed by atoms with E-state index >= 15 is 0 Å². The first-order valence-corrected chi connectivity index (χ1v) is 10.2. The van der Waals surface area contributed by atoms with Gasteiger partial charge in [-0.15, -0.1) is 0 Å². The van der Waals surface area contributed by atoms with Gasteiger partial charge in [0.05, 0.1) is 5.92 Å². The number of likely N-dealkylation sites (tertiary alicyclic amines) is 1. The summed E-state index contributed by atoms with van der Waals surface area (Å²) < 4.78 is 5.96. The molecule has 0 saturated carbocycles. The molecule has 3 aromatic rings. The summed E-state index contributed by atoms with van der Waals surface area (Å²) in [6.45, 7) is 1.24.